The number of hydrogen-bond donors (Lipinski definition) is 0. The summed E-state index contributed by atoms with van der Waals surface area (Å²) >= 11 is 3.31. The number of carbonyl (C=O) groups excluding carboxylic acids is 2. The summed E-state index contributed by atoms with van der Waals surface area (Å²) in [6.07, 6.45) is 2.25. The maximum Gasteiger partial charge on any atom is 0.357 e. The van der Waals surface area contributed by atoms with E-state index in [4.69, 9.17) is 9.47 Å². The van der Waals surface area contributed by atoms with Crippen molar-refractivity contribution in [3.63, 3.8) is 0 Å². The molecule has 1 heterocycles. The standard InChI is InChI=1S/C17H19BrN2O4/c1-3-4-9-24-16(22)15-14(11-21)19-17(18)20(15)10-12-5-7-13(23-2)8-6-12/h5-8,11H,3-4,9-10H2,1-2H3. The Morgan fingerprint density at radius 3 is 2.62 bits per heavy atom. The number of imidazole rings is 1. The van der Waals surface area contributed by atoms with Crippen LogP contribution in [0.1, 0.15) is 46.3 Å². The number of carbonyl (C=O) groups is 2. The predicted octanol–water partition coefficient (Wildman–Crippen LogP) is 3.47. The second-order valence-electron chi connectivity index (χ2n) is 5.16. The van der Waals surface area contributed by atoms with Gasteiger partial charge in [0.2, 0.25) is 0 Å². The molecule has 2 aromatic rings. The van der Waals surface area contributed by atoms with Gasteiger partial charge in [0, 0.05) is 0 Å². The van der Waals surface area contributed by atoms with E-state index in [0.717, 1.165) is 24.2 Å². The predicted molar refractivity (Wildman–Crippen MR) is 92.6 cm³/mol. The van der Waals surface area contributed by atoms with Crippen LogP contribution in [0, 0.1) is 0 Å². The van der Waals surface area contributed by atoms with E-state index in [1.54, 1.807) is 11.7 Å². The van der Waals surface area contributed by atoms with Gasteiger partial charge in [-0.1, -0.05) is 25.5 Å². The van der Waals surface area contributed by atoms with E-state index in [-0.39, 0.29) is 11.4 Å². The Morgan fingerprint density at radius 1 is 1.33 bits per heavy atom. The lowest BCUT2D eigenvalue weighted by molar-refractivity contribution is 0.0485. The zero-order chi connectivity index (χ0) is 17.5. The van der Waals surface area contributed by atoms with Gasteiger partial charge in [0.05, 0.1) is 20.3 Å². The summed E-state index contributed by atoms with van der Waals surface area (Å²) in [7, 11) is 1.60. The SMILES string of the molecule is CCCCOC(=O)c1c(C=O)nc(Br)n1Cc1ccc(OC)cc1. The van der Waals surface area contributed by atoms with Gasteiger partial charge in [-0.3, -0.25) is 4.79 Å². The Morgan fingerprint density at radius 2 is 2.04 bits per heavy atom. The van der Waals surface area contributed by atoms with Crippen molar-refractivity contribution < 1.29 is 19.1 Å². The van der Waals surface area contributed by atoms with Crippen LogP contribution in [-0.4, -0.2) is 35.5 Å². The summed E-state index contributed by atoms with van der Waals surface area (Å²) < 4.78 is 12.4. The summed E-state index contributed by atoms with van der Waals surface area (Å²) in [4.78, 5) is 27.7. The van der Waals surface area contributed by atoms with E-state index in [2.05, 4.69) is 20.9 Å². The molecule has 128 valence electrons. The van der Waals surface area contributed by atoms with Crippen LogP contribution in [0.5, 0.6) is 5.75 Å². The number of unbranched alkanes of at least 4 members (excludes halogenated alkanes) is 1. The van der Waals surface area contributed by atoms with Gasteiger partial charge in [-0.2, -0.15) is 0 Å². The molecule has 1 aromatic heterocycles. The minimum Gasteiger partial charge on any atom is -0.497 e. The van der Waals surface area contributed by atoms with Gasteiger partial charge >= 0.3 is 5.97 Å². The van der Waals surface area contributed by atoms with Crippen molar-refractivity contribution in [2.45, 2.75) is 26.3 Å². The highest BCUT2D eigenvalue weighted by molar-refractivity contribution is 9.10. The van der Waals surface area contributed by atoms with E-state index >= 15 is 0 Å². The summed E-state index contributed by atoms with van der Waals surface area (Å²) in [5, 5.41) is 0. The third-order valence-corrected chi connectivity index (χ3v) is 4.09. The summed E-state index contributed by atoms with van der Waals surface area (Å²) in [5.74, 6) is 0.202. The van der Waals surface area contributed by atoms with Gasteiger partial charge in [-0.15, -0.1) is 0 Å². The number of rotatable bonds is 8. The molecule has 0 saturated heterocycles. The van der Waals surface area contributed by atoms with E-state index in [0.29, 0.717) is 24.2 Å². The highest BCUT2D eigenvalue weighted by atomic mass is 79.9. The maximum atomic E-state index is 12.3. The molecule has 1 aromatic carbocycles. The van der Waals surface area contributed by atoms with Crippen LogP contribution in [0.15, 0.2) is 29.0 Å². The van der Waals surface area contributed by atoms with Gasteiger partial charge in [-0.25, -0.2) is 9.78 Å². The van der Waals surface area contributed by atoms with E-state index in [1.807, 2.05) is 31.2 Å². The summed E-state index contributed by atoms with van der Waals surface area (Å²) in [6.45, 7) is 2.71. The molecule has 0 spiro atoms. The third kappa shape index (κ3) is 4.23. The highest BCUT2D eigenvalue weighted by Gasteiger charge is 2.23. The molecule has 0 fully saturated rings. The number of benzene rings is 1. The molecule has 24 heavy (non-hydrogen) atoms. The molecule has 2 rings (SSSR count). The first-order chi connectivity index (χ1) is 11.6. The smallest absolute Gasteiger partial charge is 0.357 e. The Labute approximate surface area is 148 Å². The number of ether oxygens (including phenoxy) is 2. The quantitative estimate of drug-likeness (QED) is 0.389. The topological polar surface area (TPSA) is 70.4 Å². The Kier molecular flexibility index (Phi) is 6.54. The number of methoxy groups -OCH3 is 1. The molecule has 0 unspecified atom stereocenters. The van der Waals surface area contributed by atoms with Crippen LogP contribution >= 0.6 is 15.9 Å². The first kappa shape index (κ1) is 18.2. The van der Waals surface area contributed by atoms with Crippen molar-refractivity contribution in [3.05, 3.63) is 46.0 Å². The number of hydrogen-bond acceptors (Lipinski definition) is 5. The van der Waals surface area contributed by atoms with Crippen molar-refractivity contribution in [1.82, 2.24) is 9.55 Å². The van der Waals surface area contributed by atoms with Crippen molar-refractivity contribution in [2.75, 3.05) is 13.7 Å². The van der Waals surface area contributed by atoms with Crippen LogP contribution in [-0.2, 0) is 11.3 Å². The van der Waals surface area contributed by atoms with Crippen molar-refractivity contribution in [3.8, 4) is 5.75 Å². The average molecular weight is 395 g/mol. The molecular formula is C17H19BrN2O4. The molecule has 0 N–H and O–H groups in total. The van der Waals surface area contributed by atoms with Crippen LogP contribution in [0.25, 0.3) is 0 Å². The first-order valence-corrected chi connectivity index (χ1v) is 8.41. The second kappa shape index (κ2) is 8.63. The zero-order valence-electron chi connectivity index (χ0n) is 13.6. The fourth-order valence-corrected chi connectivity index (χ4v) is 2.67. The van der Waals surface area contributed by atoms with Crippen LogP contribution < -0.4 is 4.74 Å². The molecule has 0 saturated carbocycles. The van der Waals surface area contributed by atoms with Gasteiger partial charge < -0.3 is 14.0 Å². The van der Waals surface area contributed by atoms with Gasteiger partial charge in [0.15, 0.2) is 16.7 Å². The van der Waals surface area contributed by atoms with Crippen molar-refractivity contribution in [1.29, 1.82) is 0 Å². The normalized spacial score (nSPS) is 10.5. The first-order valence-electron chi connectivity index (χ1n) is 7.62. The van der Waals surface area contributed by atoms with E-state index in [9.17, 15) is 9.59 Å². The summed E-state index contributed by atoms with van der Waals surface area (Å²) in [5.41, 5.74) is 1.16. The Hall–Kier alpha value is -2.15. The lowest BCUT2D eigenvalue weighted by Crippen LogP contribution is -2.15. The molecule has 7 heteroatoms. The zero-order valence-corrected chi connectivity index (χ0v) is 15.2. The number of aromatic nitrogens is 2. The molecule has 0 aliphatic rings. The summed E-state index contributed by atoms with van der Waals surface area (Å²) in [6, 6.07) is 7.44. The van der Waals surface area contributed by atoms with E-state index < -0.39 is 5.97 Å². The number of esters is 1. The monoisotopic (exact) mass is 394 g/mol. The largest absolute Gasteiger partial charge is 0.497 e. The molecule has 0 aliphatic heterocycles. The highest BCUT2D eigenvalue weighted by Crippen LogP contribution is 2.20. The Balaban J connectivity index is 2.28. The van der Waals surface area contributed by atoms with Crippen molar-refractivity contribution >= 4 is 28.2 Å². The number of nitrogens with zero attached hydrogens (tertiary/aromatic N) is 2. The second-order valence-corrected chi connectivity index (χ2v) is 5.87. The fourth-order valence-electron chi connectivity index (χ4n) is 2.18. The van der Waals surface area contributed by atoms with Crippen LogP contribution in [0.4, 0.5) is 0 Å². The third-order valence-electron chi connectivity index (χ3n) is 3.48. The van der Waals surface area contributed by atoms with E-state index in [1.165, 1.54) is 0 Å². The molecular weight excluding hydrogens is 376 g/mol. The lowest BCUT2D eigenvalue weighted by atomic mass is 10.2. The number of halogens is 1. The van der Waals surface area contributed by atoms with Crippen molar-refractivity contribution in [2.24, 2.45) is 0 Å². The molecule has 0 radical (unpaired) electrons. The molecule has 0 atom stereocenters. The minimum absolute atomic E-state index is 0.0666. The van der Waals surface area contributed by atoms with Crippen LogP contribution in [0.3, 0.4) is 0 Å². The molecule has 0 amide bonds. The fraction of sp³-hybridized carbons (Fsp3) is 0.353. The maximum absolute atomic E-state index is 12.3. The molecule has 0 aliphatic carbocycles. The lowest BCUT2D eigenvalue weighted by Gasteiger charge is -2.10. The molecule has 0 bridgehead atoms. The van der Waals surface area contributed by atoms with Crippen LogP contribution in [0.2, 0.25) is 0 Å². The number of aldehydes is 1. The van der Waals surface area contributed by atoms with Gasteiger partial charge in [0.25, 0.3) is 0 Å². The minimum atomic E-state index is -0.544. The Bertz CT molecular complexity index is 710. The van der Waals surface area contributed by atoms with Gasteiger partial charge in [0.1, 0.15) is 11.4 Å². The van der Waals surface area contributed by atoms with Gasteiger partial charge in [-0.05, 0) is 40.0 Å². The average Bonchev–Trinajstić information content (AvgIpc) is 2.91. The molecule has 6 nitrogen and oxygen atoms in total.